The Morgan fingerprint density at radius 2 is 2.22 bits per heavy atom. The number of aromatic nitrogens is 1. The van der Waals surface area contributed by atoms with E-state index in [4.69, 9.17) is 10.8 Å². The largest absolute Gasteiger partial charge is 0.478 e. The molecular weight excluding hydrogens is 234 g/mol. The number of nitrogens with zero attached hydrogens (tertiary/aromatic N) is 1. The highest BCUT2D eigenvalue weighted by Crippen LogP contribution is 2.12. The predicted molar refractivity (Wildman–Crippen MR) is 67.3 cm³/mol. The van der Waals surface area contributed by atoms with Gasteiger partial charge in [0.2, 0.25) is 5.91 Å². The van der Waals surface area contributed by atoms with Crippen LogP contribution in [0.25, 0.3) is 0 Å². The van der Waals surface area contributed by atoms with Crippen LogP contribution in [0.5, 0.6) is 0 Å². The Bertz CT molecular complexity index is 434. The number of pyridine rings is 1. The zero-order valence-electron chi connectivity index (χ0n) is 10.2. The summed E-state index contributed by atoms with van der Waals surface area (Å²) in [5, 5.41) is 11.4. The zero-order valence-corrected chi connectivity index (χ0v) is 10.2. The second kappa shape index (κ2) is 6.70. The highest BCUT2D eigenvalue weighted by Gasteiger charge is 2.16. The van der Waals surface area contributed by atoms with Gasteiger partial charge in [0.1, 0.15) is 0 Å². The summed E-state index contributed by atoms with van der Waals surface area (Å²) in [4.78, 5) is 26.4. The lowest BCUT2D eigenvalue weighted by atomic mass is 10.0. The van der Waals surface area contributed by atoms with Gasteiger partial charge in [0.25, 0.3) is 0 Å². The van der Waals surface area contributed by atoms with Gasteiger partial charge in [0.15, 0.2) is 0 Å². The summed E-state index contributed by atoms with van der Waals surface area (Å²) in [5.74, 6) is -1.55. The van der Waals surface area contributed by atoms with Crippen LogP contribution in [0.4, 0.5) is 5.69 Å². The van der Waals surface area contributed by atoms with Gasteiger partial charge >= 0.3 is 5.97 Å². The van der Waals surface area contributed by atoms with Gasteiger partial charge in [0.05, 0.1) is 23.4 Å². The van der Waals surface area contributed by atoms with Crippen LogP contribution >= 0.6 is 0 Å². The van der Waals surface area contributed by atoms with Gasteiger partial charge < -0.3 is 16.2 Å². The molecule has 4 N–H and O–H groups in total. The van der Waals surface area contributed by atoms with E-state index in [0.29, 0.717) is 12.1 Å². The lowest BCUT2D eigenvalue weighted by Crippen LogP contribution is -2.29. The van der Waals surface area contributed by atoms with Gasteiger partial charge in [-0.15, -0.1) is 0 Å². The van der Waals surface area contributed by atoms with Gasteiger partial charge in [-0.05, 0) is 12.5 Å². The normalized spacial score (nSPS) is 11.9. The molecule has 1 rings (SSSR count). The molecule has 1 atom stereocenters. The molecule has 1 unspecified atom stereocenters. The minimum absolute atomic E-state index is 0.0348. The first kappa shape index (κ1) is 14.1. The van der Waals surface area contributed by atoms with Crippen molar-refractivity contribution in [3.05, 3.63) is 24.0 Å². The summed E-state index contributed by atoms with van der Waals surface area (Å²) < 4.78 is 0. The third-order valence-corrected chi connectivity index (χ3v) is 2.55. The number of nitrogens with two attached hydrogens (primary N) is 1. The van der Waals surface area contributed by atoms with Crippen LogP contribution in [-0.2, 0) is 4.79 Å². The number of amides is 1. The number of hydrogen-bond donors (Lipinski definition) is 3. The molecule has 1 aromatic rings. The minimum atomic E-state index is -1.08. The molecule has 0 aromatic carbocycles. The molecule has 0 radical (unpaired) electrons. The van der Waals surface area contributed by atoms with E-state index >= 15 is 0 Å². The zero-order chi connectivity index (χ0) is 13.5. The summed E-state index contributed by atoms with van der Waals surface area (Å²) in [6.45, 7) is 2.24. The maximum atomic E-state index is 11.8. The van der Waals surface area contributed by atoms with E-state index in [-0.39, 0.29) is 23.9 Å². The third-order valence-electron chi connectivity index (χ3n) is 2.55. The van der Waals surface area contributed by atoms with Crippen LogP contribution in [0.1, 0.15) is 30.1 Å². The van der Waals surface area contributed by atoms with Gasteiger partial charge in [-0.3, -0.25) is 9.78 Å². The van der Waals surface area contributed by atoms with E-state index in [1.54, 1.807) is 0 Å². The van der Waals surface area contributed by atoms with Gasteiger partial charge in [0, 0.05) is 12.7 Å². The average Bonchev–Trinajstić information content (AvgIpc) is 2.36. The Morgan fingerprint density at radius 1 is 1.50 bits per heavy atom. The number of rotatable bonds is 6. The van der Waals surface area contributed by atoms with Gasteiger partial charge in [-0.25, -0.2) is 4.79 Å². The van der Waals surface area contributed by atoms with Crippen molar-refractivity contribution in [2.75, 3.05) is 11.9 Å². The number of anilines is 1. The van der Waals surface area contributed by atoms with Crippen LogP contribution in [0.3, 0.4) is 0 Å². The summed E-state index contributed by atoms with van der Waals surface area (Å²) in [7, 11) is 0. The van der Waals surface area contributed by atoms with Gasteiger partial charge in [-0.2, -0.15) is 0 Å². The lowest BCUT2D eigenvalue weighted by molar-refractivity contribution is -0.119. The minimum Gasteiger partial charge on any atom is -0.478 e. The Morgan fingerprint density at radius 3 is 2.78 bits per heavy atom. The monoisotopic (exact) mass is 251 g/mol. The summed E-state index contributed by atoms with van der Waals surface area (Å²) in [6.07, 6.45) is 4.20. The Balaban J connectivity index is 2.74. The summed E-state index contributed by atoms with van der Waals surface area (Å²) in [6, 6.07) is 1.37. The topological polar surface area (TPSA) is 105 Å². The maximum absolute atomic E-state index is 11.8. The second-order valence-corrected chi connectivity index (χ2v) is 3.98. The molecule has 0 saturated carbocycles. The number of carbonyl (C=O) groups is 2. The summed E-state index contributed by atoms with van der Waals surface area (Å²) in [5.41, 5.74) is 5.93. The summed E-state index contributed by atoms with van der Waals surface area (Å²) >= 11 is 0. The molecule has 0 saturated heterocycles. The molecule has 1 heterocycles. The predicted octanol–water partition coefficient (Wildman–Crippen LogP) is 1.09. The van der Waals surface area contributed by atoms with Crippen LogP contribution < -0.4 is 11.1 Å². The maximum Gasteiger partial charge on any atom is 0.337 e. The number of hydrogen-bond acceptors (Lipinski definition) is 4. The molecule has 6 nitrogen and oxygen atoms in total. The van der Waals surface area contributed by atoms with E-state index < -0.39 is 5.97 Å². The highest BCUT2D eigenvalue weighted by molar-refractivity contribution is 5.94. The number of carbonyl (C=O) groups excluding carboxylic acids is 1. The first-order chi connectivity index (χ1) is 8.58. The van der Waals surface area contributed by atoms with Crippen LogP contribution in [0.2, 0.25) is 0 Å². The number of nitrogens with one attached hydrogen (secondary N) is 1. The molecule has 0 aliphatic rings. The standard InChI is InChI=1S/C12H17N3O3/c1-2-3-8(5-13)11(16)15-10-4-9(12(17)18)6-14-7-10/h4,6-8H,2-3,5,13H2,1H3,(H,15,16)(H,17,18). The second-order valence-electron chi connectivity index (χ2n) is 3.98. The molecule has 0 bridgehead atoms. The molecule has 0 aliphatic carbocycles. The average molecular weight is 251 g/mol. The fraction of sp³-hybridized carbons (Fsp3) is 0.417. The fourth-order valence-electron chi connectivity index (χ4n) is 1.57. The quantitative estimate of drug-likeness (QED) is 0.702. The van der Waals surface area contributed by atoms with E-state index in [1.165, 1.54) is 18.5 Å². The number of carboxylic acids is 1. The first-order valence-electron chi connectivity index (χ1n) is 5.77. The first-order valence-corrected chi connectivity index (χ1v) is 5.77. The van der Waals surface area contributed by atoms with Crippen LogP contribution in [0.15, 0.2) is 18.5 Å². The third kappa shape index (κ3) is 3.81. The Labute approximate surface area is 105 Å². The number of aromatic carboxylic acids is 1. The van der Waals surface area contributed by atoms with Crippen molar-refractivity contribution in [3.63, 3.8) is 0 Å². The lowest BCUT2D eigenvalue weighted by Gasteiger charge is -2.13. The molecule has 0 aliphatic heterocycles. The highest BCUT2D eigenvalue weighted by atomic mass is 16.4. The van der Waals surface area contributed by atoms with Crippen molar-refractivity contribution >= 4 is 17.6 Å². The van der Waals surface area contributed by atoms with Crippen molar-refractivity contribution in [2.24, 2.45) is 11.7 Å². The smallest absolute Gasteiger partial charge is 0.337 e. The molecular formula is C12H17N3O3. The fourth-order valence-corrected chi connectivity index (χ4v) is 1.57. The van der Waals surface area contributed by atoms with Gasteiger partial charge in [-0.1, -0.05) is 13.3 Å². The van der Waals surface area contributed by atoms with Crippen molar-refractivity contribution in [3.8, 4) is 0 Å². The van der Waals surface area contributed by atoms with E-state index in [2.05, 4.69) is 10.3 Å². The molecule has 98 valence electrons. The van der Waals surface area contributed by atoms with Crippen LogP contribution in [0, 0.1) is 5.92 Å². The Hall–Kier alpha value is -1.95. The van der Waals surface area contributed by atoms with Crippen molar-refractivity contribution in [1.82, 2.24) is 4.98 Å². The van der Waals surface area contributed by atoms with E-state index in [0.717, 1.165) is 6.42 Å². The molecule has 0 fully saturated rings. The molecule has 0 spiro atoms. The molecule has 6 heteroatoms. The van der Waals surface area contributed by atoms with E-state index in [9.17, 15) is 9.59 Å². The number of carboxylic acid groups (broad SMARTS) is 1. The van der Waals surface area contributed by atoms with Crippen molar-refractivity contribution in [2.45, 2.75) is 19.8 Å². The van der Waals surface area contributed by atoms with Crippen molar-refractivity contribution in [1.29, 1.82) is 0 Å². The van der Waals surface area contributed by atoms with Crippen molar-refractivity contribution < 1.29 is 14.7 Å². The van der Waals surface area contributed by atoms with Crippen LogP contribution in [-0.4, -0.2) is 28.5 Å². The van der Waals surface area contributed by atoms with E-state index in [1.807, 2.05) is 6.92 Å². The molecule has 1 amide bonds. The molecule has 1 aromatic heterocycles. The Kier molecular flexibility index (Phi) is 5.26. The molecule has 18 heavy (non-hydrogen) atoms. The SMILES string of the molecule is CCCC(CN)C(=O)Nc1cncc(C(=O)O)c1.